The Balaban J connectivity index is 2.33. The van der Waals surface area contributed by atoms with Crippen LogP contribution in [0.2, 0.25) is 0 Å². The highest BCUT2D eigenvalue weighted by Crippen LogP contribution is 2.11. The summed E-state index contributed by atoms with van der Waals surface area (Å²) in [7, 11) is 0. The molecule has 0 aromatic rings. The van der Waals surface area contributed by atoms with Crippen molar-refractivity contribution >= 4 is 5.78 Å². The maximum absolute atomic E-state index is 10.7. The van der Waals surface area contributed by atoms with Gasteiger partial charge < -0.3 is 4.84 Å². The van der Waals surface area contributed by atoms with E-state index >= 15 is 0 Å². The molecule has 0 aromatic heterocycles. The van der Waals surface area contributed by atoms with Gasteiger partial charge in [-0.2, -0.15) is 0 Å². The molecule has 3 heteroatoms. The lowest BCUT2D eigenvalue weighted by Gasteiger charge is -2.26. The van der Waals surface area contributed by atoms with Crippen molar-refractivity contribution in [3.63, 3.8) is 0 Å². The minimum absolute atomic E-state index is 0.0366. The Bertz CT molecular complexity index is 205. The van der Waals surface area contributed by atoms with Crippen LogP contribution in [0.25, 0.3) is 0 Å². The number of carbonyl (C=O) groups is 1. The second-order valence-corrected chi connectivity index (χ2v) is 3.45. The lowest BCUT2D eigenvalue weighted by atomic mass is 10.2. The van der Waals surface area contributed by atoms with Crippen LogP contribution in [0.3, 0.4) is 0 Å². The number of hydrogen-bond acceptors (Lipinski definition) is 3. The Morgan fingerprint density at radius 3 is 2.38 bits per heavy atom. The zero-order valence-corrected chi connectivity index (χ0v) is 8.38. The van der Waals surface area contributed by atoms with Gasteiger partial charge >= 0.3 is 0 Å². The molecule has 0 atom stereocenters. The smallest absolute Gasteiger partial charge is 0.156 e. The fraction of sp³-hybridized carbons (Fsp3) is 0.700. The Kier molecular flexibility index (Phi) is 3.96. The van der Waals surface area contributed by atoms with Crippen LogP contribution in [-0.2, 0) is 9.63 Å². The number of ketones is 1. The number of allylic oxidation sites excluding steroid dienone is 2. The van der Waals surface area contributed by atoms with Gasteiger partial charge in [-0.25, -0.2) is 0 Å². The first-order valence-corrected chi connectivity index (χ1v) is 4.80. The molecule has 0 spiro atoms. The van der Waals surface area contributed by atoms with Gasteiger partial charge in [0, 0.05) is 19.2 Å². The van der Waals surface area contributed by atoms with Crippen LogP contribution in [0.15, 0.2) is 11.8 Å². The third kappa shape index (κ3) is 4.08. The van der Waals surface area contributed by atoms with Crippen LogP contribution < -0.4 is 0 Å². The molecule has 0 bridgehead atoms. The molecule has 1 fully saturated rings. The van der Waals surface area contributed by atoms with Gasteiger partial charge in [0.1, 0.15) is 5.76 Å². The van der Waals surface area contributed by atoms with Gasteiger partial charge in [-0.1, -0.05) is 6.42 Å². The van der Waals surface area contributed by atoms with E-state index in [0.717, 1.165) is 13.1 Å². The number of piperidine rings is 1. The lowest BCUT2D eigenvalue weighted by Crippen LogP contribution is -2.29. The molecule has 0 amide bonds. The molecular weight excluding hydrogens is 166 g/mol. The number of hydrogen-bond donors (Lipinski definition) is 0. The minimum atomic E-state index is 0.0366. The molecular formula is C10H17NO2. The topological polar surface area (TPSA) is 29.5 Å². The van der Waals surface area contributed by atoms with Crippen molar-refractivity contribution in [2.75, 3.05) is 13.1 Å². The fourth-order valence-corrected chi connectivity index (χ4v) is 1.47. The second kappa shape index (κ2) is 5.02. The first-order valence-electron chi connectivity index (χ1n) is 4.80. The average molecular weight is 183 g/mol. The van der Waals surface area contributed by atoms with Crippen LogP contribution in [-0.4, -0.2) is 23.9 Å². The highest BCUT2D eigenvalue weighted by Gasteiger charge is 2.11. The summed E-state index contributed by atoms with van der Waals surface area (Å²) in [5, 5.41) is 1.93. The molecule has 1 heterocycles. The number of carbonyl (C=O) groups excluding carboxylic acids is 1. The summed E-state index contributed by atoms with van der Waals surface area (Å²) < 4.78 is 0. The van der Waals surface area contributed by atoms with Gasteiger partial charge in [0.15, 0.2) is 5.78 Å². The third-order valence-electron chi connectivity index (χ3n) is 1.99. The van der Waals surface area contributed by atoms with E-state index in [-0.39, 0.29) is 5.78 Å². The molecule has 0 unspecified atom stereocenters. The summed E-state index contributed by atoms with van der Waals surface area (Å²) in [6.45, 7) is 5.30. The van der Waals surface area contributed by atoms with E-state index < -0.39 is 0 Å². The van der Waals surface area contributed by atoms with Crippen molar-refractivity contribution in [1.29, 1.82) is 0 Å². The Morgan fingerprint density at radius 1 is 1.23 bits per heavy atom. The van der Waals surface area contributed by atoms with Crippen LogP contribution in [0, 0.1) is 0 Å². The number of nitrogens with zero attached hydrogens (tertiary/aromatic N) is 1. The summed E-state index contributed by atoms with van der Waals surface area (Å²) >= 11 is 0. The van der Waals surface area contributed by atoms with E-state index in [0.29, 0.717) is 5.76 Å². The van der Waals surface area contributed by atoms with E-state index in [4.69, 9.17) is 4.84 Å². The third-order valence-corrected chi connectivity index (χ3v) is 1.99. The second-order valence-electron chi connectivity index (χ2n) is 3.45. The quantitative estimate of drug-likeness (QED) is 0.494. The number of hydroxylamine groups is 2. The summed E-state index contributed by atoms with van der Waals surface area (Å²) in [5.41, 5.74) is 0. The monoisotopic (exact) mass is 183 g/mol. The van der Waals surface area contributed by atoms with Gasteiger partial charge in [-0.3, -0.25) is 4.79 Å². The Hall–Kier alpha value is -0.830. The molecule has 3 nitrogen and oxygen atoms in total. The van der Waals surface area contributed by atoms with Crippen molar-refractivity contribution in [2.24, 2.45) is 0 Å². The highest BCUT2D eigenvalue weighted by atomic mass is 16.7. The standard InChI is InChI=1S/C10H17NO2/c1-9(12)8-10(2)13-11-6-4-3-5-7-11/h8H,3-7H2,1-2H3/b10-8+. The largest absolute Gasteiger partial charge is 0.411 e. The molecule has 0 radical (unpaired) electrons. The fourth-order valence-electron chi connectivity index (χ4n) is 1.47. The molecule has 0 N–H and O–H groups in total. The predicted molar refractivity (Wildman–Crippen MR) is 50.9 cm³/mol. The predicted octanol–water partition coefficient (Wildman–Crippen LogP) is 1.90. The Morgan fingerprint density at radius 2 is 1.85 bits per heavy atom. The maximum atomic E-state index is 10.7. The van der Waals surface area contributed by atoms with Crippen molar-refractivity contribution < 1.29 is 9.63 Å². The number of rotatable bonds is 3. The van der Waals surface area contributed by atoms with Gasteiger partial charge in [-0.15, -0.1) is 5.06 Å². The van der Waals surface area contributed by atoms with Gasteiger partial charge in [0.05, 0.1) is 0 Å². The van der Waals surface area contributed by atoms with E-state index in [1.165, 1.54) is 32.3 Å². The summed E-state index contributed by atoms with van der Waals surface area (Å²) in [5.74, 6) is 0.726. The van der Waals surface area contributed by atoms with Gasteiger partial charge in [0.2, 0.25) is 0 Å². The first kappa shape index (κ1) is 10.3. The first-order chi connectivity index (χ1) is 6.18. The molecule has 1 saturated heterocycles. The van der Waals surface area contributed by atoms with E-state index in [1.807, 2.05) is 12.0 Å². The molecule has 0 aliphatic carbocycles. The van der Waals surface area contributed by atoms with E-state index in [9.17, 15) is 4.79 Å². The van der Waals surface area contributed by atoms with Gasteiger partial charge in [-0.05, 0) is 26.7 Å². The normalized spacial score (nSPS) is 20.0. The maximum Gasteiger partial charge on any atom is 0.156 e. The van der Waals surface area contributed by atoms with Crippen LogP contribution >= 0.6 is 0 Å². The summed E-state index contributed by atoms with van der Waals surface area (Å²) in [6.07, 6.45) is 5.19. The summed E-state index contributed by atoms with van der Waals surface area (Å²) in [4.78, 5) is 16.2. The average Bonchev–Trinajstić information content (AvgIpc) is 2.04. The molecule has 74 valence electrons. The van der Waals surface area contributed by atoms with Crippen molar-refractivity contribution in [3.8, 4) is 0 Å². The van der Waals surface area contributed by atoms with Crippen molar-refractivity contribution in [1.82, 2.24) is 5.06 Å². The van der Waals surface area contributed by atoms with Crippen LogP contribution in [0.4, 0.5) is 0 Å². The zero-order valence-electron chi connectivity index (χ0n) is 8.38. The molecule has 1 rings (SSSR count). The SMILES string of the molecule is CC(=O)/C=C(\C)ON1CCCCC1. The van der Waals surface area contributed by atoms with E-state index in [2.05, 4.69) is 0 Å². The molecule has 1 aliphatic heterocycles. The molecule has 1 aliphatic rings. The highest BCUT2D eigenvalue weighted by molar-refractivity contribution is 5.87. The zero-order chi connectivity index (χ0) is 9.68. The van der Waals surface area contributed by atoms with Gasteiger partial charge in [0.25, 0.3) is 0 Å². The van der Waals surface area contributed by atoms with E-state index in [1.54, 1.807) is 0 Å². The van der Waals surface area contributed by atoms with Crippen molar-refractivity contribution in [2.45, 2.75) is 33.1 Å². The van der Waals surface area contributed by atoms with Crippen LogP contribution in [0.1, 0.15) is 33.1 Å². The summed E-state index contributed by atoms with van der Waals surface area (Å²) in [6, 6.07) is 0. The molecule has 0 saturated carbocycles. The van der Waals surface area contributed by atoms with Crippen LogP contribution in [0.5, 0.6) is 0 Å². The molecule has 0 aromatic carbocycles. The van der Waals surface area contributed by atoms with Crippen molar-refractivity contribution in [3.05, 3.63) is 11.8 Å². The lowest BCUT2D eigenvalue weighted by molar-refractivity contribution is -0.131. The Labute approximate surface area is 79.3 Å². The molecule has 13 heavy (non-hydrogen) atoms. The minimum Gasteiger partial charge on any atom is -0.411 e.